The standard InChI is InChI=1S/C22H36N2O17/c1-7(27)23-13-9(29)3-21(38,19(34)35)40-18(13)16(33)12(6-26)39-22(20(36)37)4-10(30)14(24-8(2)28)17(41-22)15(32)11(31)5-25/h9-18,25-26,29-33,38H,3-6H2,1-2H3,(H,23,27)(H,24,28)(H,34,35)(H,36,37)/t9?,10?,11?,12?,13?,14?,15?,16?,17?,18?,21-,22-/m1/s1. The lowest BCUT2D eigenvalue weighted by Gasteiger charge is -2.49. The fourth-order valence-electron chi connectivity index (χ4n) is 4.73. The maximum absolute atomic E-state index is 12.4. The molecule has 0 radical (unpaired) electrons. The lowest BCUT2D eigenvalue weighted by molar-refractivity contribution is -0.342. The third kappa shape index (κ3) is 7.64. The molecule has 10 unspecified atom stereocenters. The molecule has 2 aliphatic rings. The van der Waals surface area contributed by atoms with Crippen LogP contribution in [0.3, 0.4) is 0 Å². The molecule has 2 aliphatic heterocycles. The van der Waals surface area contributed by atoms with Crippen LogP contribution in [0.25, 0.3) is 0 Å². The SMILES string of the molecule is CC(=O)NC1C(O)C[C@](OC(CO)C(O)C2O[C@@](O)(C(=O)O)CC(O)C2NC(C)=O)(C(=O)O)OC1C(O)C(O)CO. The van der Waals surface area contributed by atoms with Gasteiger partial charge in [0.1, 0.15) is 36.6 Å². The number of carboxylic acids is 2. The van der Waals surface area contributed by atoms with Crippen molar-refractivity contribution in [2.45, 2.75) is 99.2 Å². The monoisotopic (exact) mass is 600 g/mol. The molecule has 19 heteroatoms. The number of carboxylic acid groups (broad SMARTS) is 2. The Bertz CT molecular complexity index is 968. The maximum Gasteiger partial charge on any atom is 0.364 e. The molecule has 0 aromatic carbocycles. The predicted molar refractivity (Wildman–Crippen MR) is 126 cm³/mol. The number of aliphatic hydroxyl groups excluding tert-OH is 7. The minimum absolute atomic E-state index is 0.760. The van der Waals surface area contributed by atoms with Gasteiger partial charge in [-0.25, -0.2) is 9.59 Å². The van der Waals surface area contributed by atoms with E-state index in [1.807, 2.05) is 0 Å². The van der Waals surface area contributed by atoms with Gasteiger partial charge in [0.25, 0.3) is 11.6 Å². The van der Waals surface area contributed by atoms with Crippen molar-refractivity contribution in [3.05, 3.63) is 0 Å². The second-order valence-electron chi connectivity index (χ2n) is 9.88. The number of hydrogen-bond donors (Lipinski definition) is 12. The minimum Gasteiger partial charge on any atom is -0.477 e. The summed E-state index contributed by atoms with van der Waals surface area (Å²) in [5.41, 5.74) is 0. The van der Waals surface area contributed by atoms with Crippen LogP contribution in [0.5, 0.6) is 0 Å². The second kappa shape index (κ2) is 13.6. The molecule has 12 N–H and O–H groups in total. The highest BCUT2D eigenvalue weighted by Crippen LogP contribution is 2.37. The normalized spacial score (nSPS) is 36.8. The first-order valence-electron chi connectivity index (χ1n) is 12.3. The van der Waals surface area contributed by atoms with Crippen LogP contribution >= 0.6 is 0 Å². The predicted octanol–water partition coefficient (Wildman–Crippen LogP) is -6.70. The number of nitrogens with one attached hydrogen (secondary N) is 2. The van der Waals surface area contributed by atoms with Gasteiger partial charge in [0, 0.05) is 26.7 Å². The second-order valence-corrected chi connectivity index (χ2v) is 9.88. The smallest absolute Gasteiger partial charge is 0.364 e. The number of hydrogen-bond acceptors (Lipinski definition) is 15. The van der Waals surface area contributed by atoms with Crippen molar-refractivity contribution in [2.24, 2.45) is 0 Å². The molecule has 2 fully saturated rings. The van der Waals surface area contributed by atoms with Gasteiger partial charge >= 0.3 is 11.9 Å². The van der Waals surface area contributed by atoms with Crippen molar-refractivity contribution in [3.63, 3.8) is 0 Å². The molecule has 2 heterocycles. The van der Waals surface area contributed by atoms with Crippen LogP contribution in [0.15, 0.2) is 0 Å². The summed E-state index contributed by atoms with van der Waals surface area (Å²) in [5, 5.41) is 106. The van der Waals surface area contributed by atoms with E-state index in [2.05, 4.69) is 10.6 Å². The van der Waals surface area contributed by atoms with Gasteiger partial charge in [0.2, 0.25) is 11.8 Å². The third-order valence-corrected chi connectivity index (χ3v) is 6.72. The molecular weight excluding hydrogens is 564 g/mol. The van der Waals surface area contributed by atoms with E-state index >= 15 is 0 Å². The number of carbonyl (C=O) groups excluding carboxylic acids is 2. The van der Waals surface area contributed by atoms with Gasteiger partial charge in [-0.1, -0.05) is 0 Å². The van der Waals surface area contributed by atoms with Crippen LogP contribution in [-0.4, -0.2) is 161 Å². The summed E-state index contributed by atoms with van der Waals surface area (Å²) in [6, 6.07) is -3.17. The van der Waals surface area contributed by atoms with Gasteiger partial charge < -0.3 is 75.9 Å². The molecule has 0 aliphatic carbocycles. The summed E-state index contributed by atoms with van der Waals surface area (Å²) < 4.78 is 15.9. The summed E-state index contributed by atoms with van der Waals surface area (Å²) in [6.07, 6.45) is -18.2. The summed E-state index contributed by atoms with van der Waals surface area (Å²) >= 11 is 0. The van der Waals surface area contributed by atoms with Crippen LogP contribution < -0.4 is 10.6 Å². The number of aliphatic carboxylic acids is 2. The Morgan fingerprint density at radius 1 is 0.829 bits per heavy atom. The average Bonchev–Trinajstić information content (AvgIpc) is 2.88. The number of rotatable bonds is 12. The van der Waals surface area contributed by atoms with E-state index in [1.165, 1.54) is 0 Å². The van der Waals surface area contributed by atoms with Gasteiger partial charge in [0.05, 0.1) is 37.5 Å². The first-order chi connectivity index (χ1) is 18.9. The van der Waals surface area contributed by atoms with E-state index < -0.39 is 122 Å². The Balaban J connectivity index is 2.49. The molecule has 0 spiro atoms. The van der Waals surface area contributed by atoms with E-state index in [4.69, 9.17) is 14.2 Å². The van der Waals surface area contributed by atoms with Gasteiger partial charge in [0.15, 0.2) is 0 Å². The highest BCUT2D eigenvalue weighted by Gasteiger charge is 2.59. The highest BCUT2D eigenvalue weighted by molar-refractivity contribution is 5.77. The Kier molecular flexibility index (Phi) is 11.5. The minimum atomic E-state index is -3.09. The van der Waals surface area contributed by atoms with Crippen LogP contribution in [-0.2, 0) is 33.4 Å². The lowest BCUT2D eigenvalue weighted by atomic mass is 9.87. The van der Waals surface area contributed by atoms with E-state index in [0.717, 1.165) is 13.8 Å². The van der Waals surface area contributed by atoms with Crippen molar-refractivity contribution in [3.8, 4) is 0 Å². The van der Waals surface area contributed by atoms with Crippen molar-refractivity contribution in [1.29, 1.82) is 0 Å². The van der Waals surface area contributed by atoms with Crippen LogP contribution in [0.2, 0.25) is 0 Å². The van der Waals surface area contributed by atoms with Crippen molar-refractivity contribution >= 4 is 23.8 Å². The number of ether oxygens (including phenoxy) is 3. The summed E-state index contributed by atoms with van der Waals surface area (Å²) in [5.74, 6) is -11.7. The molecule has 2 rings (SSSR count). The first kappa shape index (κ1) is 34.6. The van der Waals surface area contributed by atoms with Crippen LogP contribution in [0.1, 0.15) is 26.7 Å². The summed E-state index contributed by atoms with van der Waals surface area (Å²) in [6.45, 7) is -0.288. The third-order valence-electron chi connectivity index (χ3n) is 6.72. The van der Waals surface area contributed by atoms with Crippen molar-refractivity contribution in [1.82, 2.24) is 10.6 Å². The molecule has 41 heavy (non-hydrogen) atoms. The quantitative estimate of drug-likeness (QED) is 0.0990. The Morgan fingerprint density at radius 3 is 1.73 bits per heavy atom. The van der Waals surface area contributed by atoms with E-state index in [1.54, 1.807) is 0 Å². The molecule has 236 valence electrons. The fraction of sp³-hybridized carbons (Fsp3) is 0.818. The van der Waals surface area contributed by atoms with Crippen LogP contribution in [0, 0.1) is 0 Å². The maximum atomic E-state index is 12.4. The Labute approximate surface area is 231 Å². The van der Waals surface area contributed by atoms with Gasteiger partial charge in [-0.2, -0.15) is 0 Å². The number of aliphatic hydroxyl groups is 8. The van der Waals surface area contributed by atoms with Gasteiger partial charge in [-0.3, -0.25) is 9.59 Å². The van der Waals surface area contributed by atoms with Crippen molar-refractivity contribution in [2.75, 3.05) is 13.2 Å². The van der Waals surface area contributed by atoms with E-state index in [9.17, 15) is 70.2 Å². The zero-order valence-corrected chi connectivity index (χ0v) is 21.9. The topological polar surface area (TPSA) is 322 Å². The van der Waals surface area contributed by atoms with Gasteiger partial charge in [-0.15, -0.1) is 0 Å². The molecule has 12 atom stereocenters. The average molecular weight is 601 g/mol. The van der Waals surface area contributed by atoms with Crippen LogP contribution in [0.4, 0.5) is 0 Å². The Morgan fingerprint density at radius 2 is 1.32 bits per heavy atom. The molecule has 2 amide bonds. The largest absolute Gasteiger partial charge is 0.477 e. The zero-order chi connectivity index (χ0) is 31.4. The molecule has 0 saturated carbocycles. The molecule has 0 aromatic heterocycles. The molecule has 0 bridgehead atoms. The van der Waals surface area contributed by atoms with Crippen molar-refractivity contribution < 1.29 is 84.5 Å². The van der Waals surface area contributed by atoms with Gasteiger partial charge in [-0.05, 0) is 0 Å². The molecule has 0 aromatic rings. The zero-order valence-electron chi connectivity index (χ0n) is 21.9. The Hall–Kier alpha value is -2.56. The van der Waals surface area contributed by atoms with E-state index in [-0.39, 0.29) is 0 Å². The lowest BCUT2D eigenvalue weighted by Crippen LogP contribution is -2.70. The number of carbonyl (C=O) groups is 4. The summed E-state index contributed by atoms with van der Waals surface area (Å²) in [7, 11) is 0. The molecular formula is C22H36N2O17. The molecule has 2 saturated heterocycles. The first-order valence-corrected chi connectivity index (χ1v) is 12.3. The fourth-order valence-corrected chi connectivity index (χ4v) is 4.73. The number of amides is 2. The van der Waals surface area contributed by atoms with E-state index in [0.29, 0.717) is 0 Å². The summed E-state index contributed by atoms with van der Waals surface area (Å²) in [4.78, 5) is 47.4. The molecule has 19 nitrogen and oxygen atoms in total. The highest BCUT2D eigenvalue weighted by atomic mass is 16.7.